The second-order valence-electron chi connectivity index (χ2n) is 6.86. The number of halogens is 2. The van der Waals surface area contributed by atoms with Gasteiger partial charge in [0.1, 0.15) is 5.82 Å². The zero-order valence-corrected chi connectivity index (χ0v) is 13.4. The molecule has 1 spiro atoms. The van der Waals surface area contributed by atoms with E-state index in [2.05, 4.69) is 15.2 Å². The number of carbonyl (C=O) groups excluding carboxylic acids is 1. The summed E-state index contributed by atoms with van der Waals surface area (Å²) >= 11 is 0. The van der Waals surface area contributed by atoms with Crippen molar-refractivity contribution < 1.29 is 13.6 Å². The fraction of sp³-hybridized carbons (Fsp3) is 0.471. The molecule has 1 atom stereocenters. The number of hydrogen-bond donors (Lipinski definition) is 1. The number of amides is 1. The molecular formula is C17H18F2N4O. The largest absolute Gasteiger partial charge is 0.337 e. The van der Waals surface area contributed by atoms with Gasteiger partial charge in [0, 0.05) is 24.6 Å². The van der Waals surface area contributed by atoms with Crippen molar-refractivity contribution in [2.45, 2.75) is 32.1 Å². The van der Waals surface area contributed by atoms with E-state index in [1.165, 1.54) is 6.07 Å². The summed E-state index contributed by atoms with van der Waals surface area (Å²) in [5, 5.41) is 7.15. The lowest BCUT2D eigenvalue weighted by atomic mass is 9.62. The molecule has 1 aromatic carbocycles. The highest BCUT2D eigenvalue weighted by molar-refractivity contribution is 5.94. The average molecular weight is 332 g/mol. The van der Waals surface area contributed by atoms with Gasteiger partial charge < -0.3 is 4.90 Å². The predicted molar refractivity (Wildman–Crippen MR) is 82.4 cm³/mol. The molecule has 126 valence electrons. The van der Waals surface area contributed by atoms with Crippen LogP contribution in [0, 0.1) is 24.0 Å². The lowest BCUT2D eigenvalue weighted by molar-refractivity contribution is 0.0723. The molecule has 1 amide bonds. The maximum atomic E-state index is 13.4. The van der Waals surface area contributed by atoms with Crippen LogP contribution in [0.5, 0.6) is 0 Å². The fourth-order valence-corrected chi connectivity index (χ4v) is 3.94. The summed E-state index contributed by atoms with van der Waals surface area (Å²) in [5.74, 6) is -0.630. The van der Waals surface area contributed by atoms with Crippen LogP contribution in [0.3, 0.4) is 0 Å². The van der Waals surface area contributed by atoms with Crippen molar-refractivity contribution in [3.63, 3.8) is 0 Å². The van der Waals surface area contributed by atoms with E-state index in [1.807, 2.05) is 6.92 Å². The Balaban J connectivity index is 1.61. The van der Waals surface area contributed by atoms with E-state index in [0.717, 1.165) is 43.0 Å². The van der Waals surface area contributed by atoms with Crippen LogP contribution in [0.25, 0.3) is 0 Å². The van der Waals surface area contributed by atoms with Gasteiger partial charge in [-0.05, 0) is 43.4 Å². The molecule has 2 fully saturated rings. The lowest BCUT2D eigenvalue weighted by Crippen LogP contribution is -2.38. The minimum atomic E-state index is -1.00. The predicted octanol–water partition coefficient (Wildman–Crippen LogP) is 2.80. The van der Waals surface area contributed by atoms with Crippen LogP contribution in [-0.2, 0) is 0 Å². The molecule has 2 aliphatic rings. The maximum Gasteiger partial charge on any atom is 0.254 e. The first-order chi connectivity index (χ1) is 11.5. The summed E-state index contributed by atoms with van der Waals surface area (Å²) in [7, 11) is 0. The standard InChI is InChI=1S/C17H18F2N4O/c1-10-20-15(22-21-10)12-8-23(9-17(12)5-2-6-17)16(24)11-3-4-13(18)14(19)7-11/h3-4,7,12H,2,5-6,8-9H2,1H3,(H,20,21,22). The normalized spacial score (nSPS) is 22.0. The molecule has 1 aliphatic heterocycles. The zero-order valence-electron chi connectivity index (χ0n) is 13.4. The molecular weight excluding hydrogens is 314 g/mol. The third-order valence-electron chi connectivity index (χ3n) is 5.38. The van der Waals surface area contributed by atoms with Gasteiger partial charge >= 0.3 is 0 Å². The van der Waals surface area contributed by atoms with E-state index in [-0.39, 0.29) is 22.8 Å². The molecule has 5 nitrogen and oxygen atoms in total. The van der Waals surface area contributed by atoms with Gasteiger partial charge in [-0.25, -0.2) is 13.8 Å². The SMILES string of the molecule is Cc1nc(C2CN(C(=O)c3ccc(F)c(F)c3)CC23CCC3)n[nH]1. The van der Waals surface area contributed by atoms with Gasteiger partial charge in [-0.3, -0.25) is 9.89 Å². The van der Waals surface area contributed by atoms with Crippen LogP contribution in [0.4, 0.5) is 8.78 Å². The zero-order chi connectivity index (χ0) is 16.9. The van der Waals surface area contributed by atoms with Gasteiger partial charge in [0.2, 0.25) is 0 Å². The number of likely N-dealkylation sites (tertiary alicyclic amines) is 1. The fourth-order valence-electron chi connectivity index (χ4n) is 3.94. The Kier molecular flexibility index (Phi) is 3.40. The van der Waals surface area contributed by atoms with Crippen LogP contribution >= 0.6 is 0 Å². The highest BCUT2D eigenvalue weighted by atomic mass is 19.2. The molecule has 7 heteroatoms. The summed E-state index contributed by atoms with van der Waals surface area (Å²) in [6.45, 7) is 2.97. The highest BCUT2D eigenvalue weighted by Crippen LogP contribution is 2.55. The number of aromatic amines is 1. The Morgan fingerprint density at radius 1 is 1.33 bits per heavy atom. The van der Waals surface area contributed by atoms with E-state index in [9.17, 15) is 13.6 Å². The molecule has 1 aliphatic carbocycles. The van der Waals surface area contributed by atoms with Crippen molar-refractivity contribution in [3.8, 4) is 0 Å². The molecule has 1 saturated heterocycles. The number of nitrogens with one attached hydrogen (secondary N) is 1. The van der Waals surface area contributed by atoms with Gasteiger partial charge in [0.25, 0.3) is 5.91 Å². The van der Waals surface area contributed by atoms with Crippen molar-refractivity contribution in [2.24, 2.45) is 5.41 Å². The molecule has 24 heavy (non-hydrogen) atoms. The van der Waals surface area contributed by atoms with Crippen molar-refractivity contribution >= 4 is 5.91 Å². The van der Waals surface area contributed by atoms with Crippen LogP contribution in [0.1, 0.15) is 47.2 Å². The van der Waals surface area contributed by atoms with Crippen molar-refractivity contribution in [2.75, 3.05) is 13.1 Å². The van der Waals surface area contributed by atoms with Crippen molar-refractivity contribution in [3.05, 3.63) is 47.0 Å². The van der Waals surface area contributed by atoms with Crippen LogP contribution < -0.4 is 0 Å². The Hall–Kier alpha value is -2.31. The number of hydrogen-bond acceptors (Lipinski definition) is 3. The molecule has 1 N–H and O–H groups in total. The third-order valence-corrected chi connectivity index (χ3v) is 5.38. The van der Waals surface area contributed by atoms with E-state index in [1.54, 1.807) is 4.90 Å². The maximum absolute atomic E-state index is 13.4. The molecule has 2 aromatic rings. The molecule has 1 saturated carbocycles. The number of aromatic nitrogens is 3. The third kappa shape index (κ3) is 2.30. The molecule has 1 aromatic heterocycles. The van der Waals surface area contributed by atoms with Gasteiger partial charge in [0.15, 0.2) is 17.5 Å². The smallest absolute Gasteiger partial charge is 0.254 e. The number of aryl methyl sites for hydroxylation is 1. The van der Waals surface area contributed by atoms with E-state index in [4.69, 9.17) is 0 Å². The summed E-state index contributed by atoms with van der Waals surface area (Å²) in [6, 6.07) is 3.29. The molecule has 0 bridgehead atoms. The summed E-state index contributed by atoms with van der Waals surface area (Å²) in [5.41, 5.74) is 0.193. The summed E-state index contributed by atoms with van der Waals surface area (Å²) in [4.78, 5) is 18.9. The molecule has 0 radical (unpaired) electrons. The molecule has 4 rings (SSSR count). The summed E-state index contributed by atoms with van der Waals surface area (Å²) in [6.07, 6.45) is 3.20. The number of nitrogens with zero attached hydrogens (tertiary/aromatic N) is 3. The Labute approximate surface area is 138 Å². The second-order valence-corrected chi connectivity index (χ2v) is 6.86. The molecule has 1 unspecified atom stereocenters. The average Bonchev–Trinajstić information content (AvgIpc) is 3.12. The minimum Gasteiger partial charge on any atom is -0.337 e. The number of carbonyl (C=O) groups is 1. The first-order valence-electron chi connectivity index (χ1n) is 8.12. The Bertz CT molecular complexity index is 800. The number of H-pyrrole nitrogens is 1. The van der Waals surface area contributed by atoms with Crippen LogP contribution in [0.2, 0.25) is 0 Å². The van der Waals surface area contributed by atoms with Gasteiger partial charge in [-0.15, -0.1) is 0 Å². The van der Waals surface area contributed by atoms with Crippen LogP contribution in [0.15, 0.2) is 18.2 Å². The topological polar surface area (TPSA) is 61.9 Å². The number of benzene rings is 1. The van der Waals surface area contributed by atoms with Crippen molar-refractivity contribution in [1.29, 1.82) is 0 Å². The highest BCUT2D eigenvalue weighted by Gasteiger charge is 2.53. The molecule has 2 heterocycles. The Morgan fingerprint density at radius 2 is 2.12 bits per heavy atom. The van der Waals surface area contributed by atoms with E-state index < -0.39 is 11.6 Å². The Morgan fingerprint density at radius 3 is 2.71 bits per heavy atom. The first kappa shape index (κ1) is 15.2. The van der Waals surface area contributed by atoms with E-state index >= 15 is 0 Å². The monoisotopic (exact) mass is 332 g/mol. The second kappa shape index (κ2) is 5.36. The van der Waals surface area contributed by atoms with Crippen molar-refractivity contribution in [1.82, 2.24) is 20.1 Å². The summed E-state index contributed by atoms with van der Waals surface area (Å²) < 4.78 is 26.5. The van der Waals surface area contributed by atoms with Gasteiger partial charge in [-0.1, -0.05) is 6.42 Å². The van der Waals surface area contributed by atoms with E-state index in [0.29, 0.717) is 13.1 Å². The first-order valence-corrected chi connectivity index (χ1v) is 8.12. The van der Waals surface area contributed by atoms with Gasteiger partial charge in [0.05, 0.1) is 0 Å². The lowest BCUT2D eigenvalue weighted by Gasteiger charge is -2.41. The number of rotatable bonds is 2. The van der Waals surface area contributed by atoms with Crippen LogP contribution in [-0.4, -0.2) is 39.1 Å². The van der Waals surface area contributed by atoms with Gasteiger partial charge in [-0.2, -0.15) is 5.10 Å². The quantitative estimate of drug-likeness (QED) is 0.920. The minimum absolute atomic E-state index is 0.0167.